The Hall–Kier alpha value is -1.56. The van der Waals surface area contributed by atoms with Crippen molar-refractivity contribution < 1.29 is 9.47 Å². The van der Waals surface area contributed by atoms with E-state index >= 15 is 0 Å². The van der Waals surface area contributed by atoms with Crippen molar-refractivity contribution in [3.05, 3.63) is 45.6 Å². The lowest BCUT2D eigenvalue weighted by Gasteiger charge is -2.35. The fraction of sp³-hybridized carbons (Fsp3) is 0.412. The largest absolute Gasteiger partial charge is 0.454 e. The average Bonchev–Trinajstić information content (AvgIpc) is 3.18. The lowest BCUT2D eigenvalue weighted by Crippen LogP contribution is -2.45. The molecule has 1 N–H and O–H groups in total. The number of rotatable bonds is 3. The minimum Gasteiger partial charge on any atom is -0.454 e. The predicted octanol–water partition coefficient (Wildman–Crippen LogP) is 2.78. The maximum absolute atomic E-state index is 5.57. The molecule has 0 radical (unpaired) electrons. The molecule has 1 unspecified atom stereocenters. The smallest absolute Gasteiger partial charge is 0.231 e. The summed E-state index contributed by atoms with van der Waals surface area (Å²) < 4.78 is 11.0. The zero-order valence-corrected chi connectivity index (χ0v) is 13.5. The highest BCUT2D eigenvalue weighted by atomic mass is 32.1. The Balaban J connectivity index is 1.75. The van der Waals surface area contributed by atoms with Gasteiger partial charge in [0, 0.05) is 31.1 Å². The second-order valence-corrected chi connectivity index (χ2v) is 6.72. The van der Waals surface area contributed by atoms with Crippen molar-refractivity contribution in [2.24, 2.45) is 0 Å². The summed E-state index contributed by atoms with van der Waals surface area (Å²) in [7, 11) is 0. The number of hydrogen-bond acceptors (Lipinski definition) is 5. The first kappa shape index (κ1) is 14.1. The molecule has 1 atom stereocenters. The minimum absolute atomic E-state index is 0.302. The van der Waals surface area contributed by atoms with E-state index < -0.39 is 0 Å². The third-order valence-corrected chi connectivity index (χ3v) is 5.45. The van der Waals surface area contributed by atoms with Crippen molar-refractivity contribution in [3.8, 4) is 11.5 Å². The molecule has 3 heterocycles. The normalized spacial score (nSPS) is 19.3. The van der Waals surface area contributed by atoms with Crippen molar-refractivity contribution in [1.29, 1.82) is 0 Å². The zero-order chi connectivity index (χ0) is 14.9. The summed E-state index contributed by atoms with van der Waals surface area (Å²) in [4.78, 5) is 3.99. The molecule has 0 amide bonds. The third kappa shape index (κ3) is 2.49. The molecule has 2 aliphatic rings. The Morgan fingerprint density at radius 1 is 1.14 bits per heavy atom. The summed E-state index contributed by atoms with van der Waals surface area (Å²) in [5.41, 5.74) is 2.66. The summed E-state index contributed by atoms with van der Waals surface area (Å²) in [6.45, 7) is 6.76. The SMILES string of the molecule is Cc1ccsc1C(c1ccc2c(c1)OCO2)N1CCNCC1. The second kappa shape index (κ2) is 5.91. The van der Waals surface area contributed by atoms with E-state index in [2.05, 4.69) is 40.7 Å². The van der Waals surface area contributed by atoms with Gasteiger partial charge in [0.25, 0.3) is 0 Å². The van der Waals surface area contributed by atoms with Crippen LogP contribution in [0.3, 0.4) is 0 Å². The molecule has 2 aromatic rings. The van der Waals surface area contributed by atoms with E-state index in [0.717, 1.165) is 37.7 Å². The molecule has 0 bridgehead atoms. The number of ether oxygens (including phenoxy) is 2. The van der Waals surface area contributed by atoms with E-state index in [9.17, 15) is 0 Å². The number of piperazine rings is 1. The van der Waals surface area contributed by atoms with Gasteiger partial charge in [-0.05, 0) is 41.6 Å². The molecule has 4 nitrogen and oxygen atoms in total. The summed E-state index contributed by atoms with van der Waals surface area (Å²) in [6.07, 6.45) is 0. The highest BCUT2D eigenvalue weighted by molar-refractivity contribution is 7.10. The molecule has 22 heavy (non-hydrogen) atoms. The van der Waals surface area contributed by atoms with Crippen molar-refractivity contribution in [2.75, 3.05) is 33.0 Å². The predicted molar refractivity (Wildman–Crippen MR) is 87.9 cm³/mol. The lowest BCUT2D eigenvalue weighted by atomic mass is 10.00. The topological polar surface area (TPSA) is 33.7 Å². The van der Waals surface area contributed by atoms with Crippen LogP contribution in [0.4, 0.5) is 0 Å². The van der Waals surface area contributed by atoms with E-state index in [0.29, 0.717) is 12.8 Å². The molecule has 0 saturated carbocycles. The number of nitrogens with one attached hydrogen (secondary N) is 1. The van der Waals surface area contributed by atoms with Crippen LogP contribution in [0, 0.1) is 6.92 Å². The fourth-order valence-electron chi connectivity index (χ4n) is 3.22. The highest BCUT2D eigenvalue weighted by Crippen LogP contribution is 2.39. The van der Waals surface area contributed by atoms with E-state index in [1.54, 1.807) is 0 Å². The quantitative estimate of drug-likeness (QED) is 0.944. The molecule has 1 aromatic heterocycles. The second-order valence-electron chi connectivity index (χ2n) is 5.77. The average molecular weight is 316 g/mol. The van der Waals surface area contributed by atoms with Gasteiger partial charge in [-0.25, -0.2) is 0 Å². The first-order valence-corrected chi connectivity index (χ1v) is 8.59. The summed E-state index contributed by atoms with van der Waals surface area (Å²) in [6, 6.07) is 8.88. The summed E-state index contributed by atoms with van der Waals surface area (Å²) >= 11 is 1.85. The molecule has 2 aliphatic heterocycles. The first-order valence-electron chi connectivity index (χ1n) is 7.71. The van der Waals surface area contributed by atoms with Crippen LogP contribution in [-0.2, 0) is 0 Å². The van der Waals surface area contributed by atoms with E-state index in [1.807, 2.05) is 17.4 Å². The van der Waals surface area contributed by atoms with Crippen molar-refractivity contribution in [3.63, 3.8) is 0 Å². The van der Waals surface area contributed by atoms with Gasteiger partial charge in [-0.15, -0.1) is 11.3 Å². The number of nitrogens with zero attached hydrogens (tertiary/aromatic N) is 1. The van der Waals surface area contributed by atoms with Crippen LogP contribution in [-0.4, -0.2) is 37.9 Å². The van der Waals surface area contributed by atoms with Gasteiger partial charge in [-0.1, -0.05) is 6.07 Å². The Morgan fingerprint density at radius 2 is 1.95 bits per heavy atom. The minimum atomic E-state index is 0.302. The van der Waals surface area contributed by atoms with Gasteiger partial charge in [-0.2, -0.15) is 0 Å². The number of hydrogen-bond donors (Lipinski definition) is 1. The number of aryl methyl sites for hydroxylation is 1. The molecule has 5 heteroatoms. The van der Waals surface area contributed by atoms with Gasteiger partial charge >= 0.3 is 0 Å². The Bertz CT molecular complexity index is 664. The van der Waals surface area contributed by atoms with Crippen LogP contribution in [0.25, 0.3) is 0 Å². The maximum atomic E-state index is 5.57. The molecule has 1 aromatic carbocycles. The van der Waals surface area contributed by atoms with Gasteiger partial charge in [0.15, 0.2) is 11.5 Å². The molecular formula is C17H20N2O2S. The van der Waals surface area contributed by atoms with E-state index in [-0.39, 0.29) is 0 Å². The van der Waals surface area contributed by atoms with Gasteiger partial charge in [0.05, 0.1) is 6.04 Å². The Kier molecular flexibility index (Phi) is 3.78. The van der Waals surface area contributed by atoms with Crippen molar-refractivity contribution in [1.82, 2.24) is 10.2 Å². The summed E-state index contributed by atoms with van der Waals surface area (Å²) in [5, 5.41) is 5.63. The van der Waals surface area contributed by atoms with Crippen LogP contribution in [0.5, 0.6) is 11.5 Å². The molecular weight excluding hydrogens is 296 g/mol. The molecule has 1 fully saturated rings. The number of fused-ring (bicyclic) bond motifs is 1. The third-order valence-electron chi connectivity index (χ3n) is 4.38. The highest BCUT2D eigenvalue weighted by Gasteiger charge is 2.27. The first-order chi connectivity index (χ1) is 10.8. The standard InChI is InChI=1S/C17H20N2O2S/c1-12-4-9-22-17(12)16(19-7-5-18-6-8-19)13-2-3-14-15(10-13)21-11-20-14/h2-4,9-10,16,18H,5-8,11H2,1H3. The zero-order valence-electron chi connectivity index (χ0n) is 12.7. The number of benzene rings is 1. The van der Waals surface area contributed by atoms with E-state index in [1.165, 1.54) is 16.0 Å². The molecule has 116 valence electrons. The van der Waals surface area contributed by atoms with Crippen LogP contribution in [0.2, 0.25) is 0 Å². The van der Waals surface area contributed by atoms with Crippen LogP contribution in [0.15, 0.2) is 29.6 Å². The van der Waals surface area contributed by atoms with E-state index in [4.69, 9.17) is 9.47 Å². The van der Waals surface area contributed by atoms with Crippen molar-refractivity contribution in [2.45, 2.75) is 13.0 Å². The lowest BCUT2D eigenvalue weighted by molar-refractivity contribution is 0.173. The summed E-state index contributed by atoms with van der Waals surface area (Å²) in [5.74, 6) is 1.72. The molecule has 4 rings (SSSR count). The monoisotopic (exact) mass is 316 g/mol. The number of thiophene rings is 1. The molecule has 0 spiro atoms. The molecule has 0 aliphatic carbocycles. The Morgan fingerprint density at radius 3 is 2.73 bits per heavy atom. The fourth-order valence-corrected chi connectivity index (χ4v) is 4.30. The Labute approximate surface area is 134 Å². The van der Waals surface area contributed by atoms with Gasteiger partial charge in [0.2, 0.25) is 6.79 Å². The van der Waals surface area contributed by atoms with Gasteiger partial charge < -0.3 is 14.8 Å². The van der Waals surface area contributed by atoms with Crippen molar-refractivity contribution >= 4 is 11.3 Å². The van der Waals surface area contributed by atoms with Crippen LogP contribution in [0.1, 0.15) is 22.0 Å². The maximum Gasteiger partial charge on any atom is 0.231 e. The van der Waals surface area contributed by atoms with Gasteiger partial charge in [0.1, 0.15) is 0 Å². The van der Waals surface area contributed by atoms with Crippen LogP contribution < -0.4 is 14.8 Å². The molecule has 1 saturated heterocycles. The van der Waals surface area contributed by atoms with Crippen LogP contribution >= 0.6 is 11.3 Å². The van der Waals surface area contributed by atoms with Gasteiger partial charge in [-0.3, -0.25) is 4.90 Å².